The second kappa shape index (κ2) is 1.72. The quantitative estimate of drug-likeness (QED) is 0.474. The third kappa shape index (κ3) is 0.644. The average molecular weight is 125 g/mol. The van der Waals surface area contributed by atoms with Crippen LogP contribution in [0.5, 0.6) is 0 Å². The predicted molar refractivity (Wildman–Crippen MR) is 38.4 cm³/mol. The maximum atomic E-state index is 2.57. The number of rotatable bonds is 0. The molecule has 1 nitrogen and oxygen atoms in total. The molecule has 2 aliphatic heterocycles. The van der Waals surface area contributed by atoms with Crippen LogP contribution in [0.25, 0.3) is 0 Å². The van der Waals surface area contributed by atoms with Crippen molar-refractivity contribution in [2.24, 2.45) is 5.92 Å². The van der Waals surface area contributed by atoms with Gasteiger partial charge < -0.3 is 4.90 Å². The zero-order chi connectivity index (χ0) is 6.43. The second-order valence-electron chi connectivity index (χ2n) is 3.68. The zero-order valence-electron chi connectivity index (χ0n) is 6.30. The summed E-state index contributed by atoms with van der Waals surface area (Å²) in [5.74, 6) is 0.980. The van der Waals surface area contributed by atoms with Crippen LogP contribution < -0.4 is 0 Å². The van der Waals surface area contributed by atoms with Gasteiger partial charge in [0.05, 0.1) is 0 Å². The summed E-state index contributed by atoms with van der Waals surface area (Å²) in [5.41, 5.74) is 0. The number of hydrogen-bond donors (Lipinski definition) is 0. The van der Waals surface area contributed by atoms with Crippen LogP contribution in [-0.4, -0.2) is 24.0 Å². The fourth-order valence-corrected chi connectivity index (χ4v) is 2.60. The molecular formula is C8H15N. The van der Waals surface area contributed by atoms with Crippen LogP contribution >= 0.6 is 0 Å². The molecule has 0 aromatic carbocycles. The van der Waals surface area contributed by atoms with Crippen LogP contribution in [0.1, 0.15) is 26.2 Å². The molecule has 0 N–H and O–H groups in total. The van der Waals surface area contributed by atoms with Gasteiger partial charge in [0.25, 0.3) is 0 Å². The first-order valence-electron chi connectivity index (χ1n) is 4.01. The Bertz CT molecular complexity index is 122. The van der Waals surface area contributed by atoms with E-state index in [4.69, 9.17) is 0 Å². The van der Waals surface area contributed by atoms with E-state index in [0.717, 1.165) is 18.0 Å². The van der Waals surface area contributed by atoms with Gasteiger partial charge in [0.1, 0.15) is 0 Å². The largest absolute Gasteiger partial charge is 0.300 e. The van der Waals surface area contributed by atoms with Crippen LogP contribution in [0.2, 0.25) is 0 Å². The fourth-order valence-electron chi connectivity index (χ4n) is 2.60. The minimum Gasteiger partial charge on any atom is -0.300 e. The van der Waals surface area contributed by atoms with Crippen molar-refractivity contribution in [3.05, 3.63) is 0 Å². The zero-order valence-corrected chi connectivity index (χ0v) is 6.30. The first kappa shape index (κ1) is 5.72. The summed E-state index contributed by atoms with van der Waals surface area (Å²) in [6.45, 7) is 2.39. The molecule has 3 atom stereocenters. The van der Waals surface area contributed by atoms with E-state index in [0.29, 0.717) is 0 Å². The van der Waals surface area contributed by atoms with Gasteiger partial charge in [0.2, 0.25) is 0 Å². The molecule has 0 amide bonds. The first-order chi connectivity index (χ1) is 4.29. The molecule has 0 aromatic heterocycles. The van der Waals surface area contributed by atoms with Gasteiger partial charge in [-0.15, -0.1) is 0 Å². The average Bonchev–Trinajstić information content (AvgIpc) is 2.25. The highest BCUT2D eigenvalue weighted by molar-refractivity contribution is 4.96. The van der Waals surface area contributed by atoms with Gasteiger partial charge in [-0.1, -0.05) is 6.92 Å². The van der Waals surface area contributed by atoms with E-state index in [9.17, 15) is 0 Å². The van der Waals surface area contributed by atoms with E-state index in [1.165, 1.54) is 19.3 Å². The minimum absolute atomic E-state index is 0.940. The van der Waals surface area contributed by atoms with Gasteiger partial charge in [0, 0.05) is 12.1 Å². The maximum Gasteiger partial charge on any atom is 0.0122 e. The third-order valence-electron chi connectivity index (χ3n) is 3.20. The van der Waals surface area contributed by atoms with Crippen molar-refractivity contribution in [2.45, 2.75) is 38.3 Å². The van der Waals surface area contributed by atoms with Crippen molar-refractivity contribution in [1.29, 1.82) is 0 Å². The lowest BCUT2D eigenvalue weighted by Gasteiger charge is -2.16. The molecule has 0 radical (unpaired) electrons. The molecule has 0 saturated carbocycles. The van der Waals surface area contributed by atoms with Crippen molar-refractivity contribution < 1.29 is 0 Å². The Morgan fingerprint density at radius 3 is 2.33 bits per heavy atom. The van der Waals surface area contributed by atoms with Crippen LogP contribution in [0.15, 0.2) is 0 Å². The molecule has 2 heterocycles. The molecule has 0 aliphatic carbocycles. The molecule has 2 aliphatic rings. The third-order valence-corrected chi connectivity index (χ3v) is 3.20. The lowest BCUT2D eigenvalue weighted by atomic mass is 9.91. The molecule has 2 unspecified atom stereocenters. The Balaban J connectivity index is 2.16. The van der Waals surface area contributed by atoms with Crippen molar-refractivity contribution in [1.82, 2.24) is 4.90 Å². The fraction of sp³-hybridized carbons (Fsp3) is 1.00. The molecule has 0 spiro atoms. The molecule has 2 fully saturated rings. The standard InChI is InChI=1S/C8H15N/c1-6-5-7-3-4-8(6)9(7)2/h6-8H,3-5H2,1-2H3/t6-,7?,8?/m1/s1. The highest BCUT2D eigenvalue weighted by atomic mass is 15.2. The van der Waals surface area contributed by atoms with Crippen LogP contribution in [-0.2, 0) is 0 Å². The highest BCUT2D eigenvalue weighted by Crippen LogP contribution is 2.39. The van der Waals surface area contributed by atoms with Crippen LogP contribution in [0, 0.1) is 5.92 Å². The Morgan fingerprint density at radius 1 is 1.33 bits per heavy atom. The Hall–Kier alpha value is -0.0400. The summed E-state index contributed by atoms with van der Waals surface area (Å²) in [6.07, 6.45) is 4.38. The molecular weight excluding hydrogens is 110 g/mol. The molecule has 9 heavy (non-hydrogen) atoms. The summed E-state index contributed by atoms with van der Waals surface area (Å²) in [4.78, 5) is 2.57. The molecule has 1 heteroatoms. The van der Waals surface area contributed by atoms with Gasteiger partial charge in [0.15, 0.2) is 0 Å². The van der Waals surface area contributed by atoms with Crippen LogP contribution in [0.4, 0.5) is 0 Å². The Morgan fingerprint density at radius 2 is 2.11 bits per heavy atom. The lowest BCUT2D eigenvalue weighted by Crippen LogP contribution is -2.24. The summed E-state index contributed by atoms with van der Waals surface area (Å²) >= 11 is 0. The molecule has 2 bridgehead atoms. The van der Waals surface area contributed by atoms with Gasteiger partial charge in [-0.3, -0.25) is 0 Å². The summed E-state index contributed by atoms with van der Waals surface area (Å²) in [6, 6.07) is 1.89. The van der Waals surface area contributed by atoms with E-state index in [1.807, 2.05) is 0 Å². The van der Waals surface area contributed by atoms with E-state index in [-0.39, 0.29) is 0 Å². The monoisotopic (exact) mass is 125 g/mol. The molecule has 2 rings (SSSR count). The molecule has 2 saturated heterocycles. The number of hydrogen-bond acceptors (Lipinski definition) is 1. The highest BCUT2D eigenvalue weighted by Gasteiger charge is 2.41. The van der Waals surface area contributed by atoms with Crippen molar-refractivity contribution in [3.8, 4) is 0 Å². The summed E-state index contributed by atoms with van der Waals surface area (Å²) in [5, 5.41) is 0. The Labute approximate surface area is 57.0 Å². The lowest BCUT2D eigenvalue weighted by molar-refractivity contribution is 0.296. The molecule has 0 aromatic rings. The van der Waals surface area contributed by atoms with Crippen molar-refractivity contribution in [3.63, 3.8) is 0 Å². The normalized spacial score (nSPS) is 50.7. The molecule has 52 valence electrons. The van der Waals surface area contributed by atoms with Gasteiger partial charge in [-0.2, -0.15) is 0 Å². The Kier molecular flexibility index (Phi) is 1.10. The van der Waals surface area contributed by atoms with E-state index in [1.54, 1.807) is 0 Å². The van der Waals surface area contributed by atoms with E-state index in [2.05, 4.69) is 18.9 Å². The maximum absolute atomic E-state index is 2.57. The number of nitrogens with zero attached hydrogens (tertiary/aromatic N) is 1. The van der Waals surface area contributed by atoms with Crippen molar-refractivity contribution in [2.75, 3.05) is 7.05 Å². The predicted octanol–water partition coefficient (Wildman–Crippen LogP) is 1.49. The second-order valence-corrected chi connectivity index (χ2v) is 3.68. The number of fused-ring (bicyclic) bond motifs is 2. The van der Waals surface area contributed by atoms with E-state index >= 15 is 0 Å². The summed E-state index contributed by atoms with van der Waals surface area (Å²) < 4.78 is 0. The summed E-state index contributed by atoms with van der Waals surface area (Å²) in [7, 11) is 2.28. The topological polar surface area (TPSA) is 3.24 Å². The van der Waals surface area contributed by atoms with Crippen LogP contribution in [0.3, 0.4) is 0 Å². The smallest absolute Gasteiger partial charge is 0.0122 e. The SMILES string of the molecule is C[C@@H]1CC2CCC1N2C. The van der Waals surface area contributed by atoms with Crippen molar-refractivity contribution >= 4 is 0 Å². The minimum atomic E-state index is 0.940. The van der Waals surface area contributed by atoms with E-state index < -0.39 is 0 Å². The van der Waals surface area contributed by atoms with Gasteiger partial charge in [-0.25, -0.2) is 0 Å². The van der Waals surface area contributed by atoms with Gasteiger partial charge in [-0.05, 0) is 32.2 Å². The first-order valence-corrected chi connectivity index (χ1v) is 4.01. The van der Waals surface area contributed by atoms with Gasteiger partial charge >= 0.3 is 0 Å².